The number of halogens is 1. The van der Waals surface area contributed by atoms with Crippen molar-refractivity contribution in [2.24, 2.45) is 0 Å². The Bertz CT molecular complexity index is 656. The van der Waals surface area contributed by atoms with E-state index in [0.717, 1.165) is 17.9 Å². The van der Waals surface area contributed by atoms with Gasteiger partial charge in [-0.05, 0) is 38.6 Å². The van der Waals surface area contributed by atoms with Gasteiger partial charge in [-0.2, -0.15) is 5.26 Å². The Balaban J connectivity index is 2.47. The Kier molecular flexibility index (Phi) is 4.38. The van der Waals surface area contributed by atoms with Gasteiger partial charge in [-0.3, -0.25) is 0 Å². The van der Waals surface area contributed by atoms with Gasteiger partial charge in [-0.15, -0.1) is 5.10 Å². The minimum absolute atomic E-state index is 0.117. The van der Waals surface area contributed by atoms with E-state index in [0.29, 0.717) is 16.3 Å². The molecule has 0 spiro atoms. The normalized spacial score (nSPS) is 12.2. The van der Waals surface area contributed by atoms with Gasteiger partial charge in [-0.1, -0.05) is 23.7 Å². The van der Waals surface area contributed by atoms with Crippen LogP contribution in [-0.4, -0.2) is 21.5 Å². The molecule has 0 radical (unpaired) electrons. The Morgan fingerprint density at radius 2 is 2.25 bits per heavy atom. The third-order valence-electron chi connectivity index (χ3n) is 3.15. The van der Waals surface area contributed by atoms with E-state index in [4.69, 9.17) is 16.9 Å². The third-order valence-corrected chi connectivity index (χ3v) is 3.47. The van der Waals surface area contributed by atoms with Crippen molar-refractivity contribution < 1.29 is 0 Å². The van der Waals surface area contributed by atoms with E-state index < -0.39 is 0 Å². The van der Waals surface area contributed by atoms with Gasteiger partial charge < -0.3 is 5.32 Å². The lowest BCUT2D eigenvalue weighted by Gasteiger charge is -2.11. The summed E-state index contributed by atoms with van der Waals surface area (Å²) in [6.07, 6.45) is 0. The first-order valence-corrected chi connectivity index (χ1v) is 6.81. The number of rotatable bonds is 4. The van der Waals surface area contributed by atoms with Crippen LogP contribution in [0.15, 0.2) is 18.2 Å². The maximum Gasteiger partial charge on any atom is 0.103 e. The molecule has 0 saturated carbocycles. The Morgan fingerprint density at radius 3 is 2.90 bits per heavy atom. The fourth-order valence-corrected chi connectivity index (χ4v) is 2.31. The second-order valence-corrected chi connectivity index (χ2v) is 4.94. The molecule has 0 amide bonds. The average molecular weight is 290 g/mol. The molecule has 0 aliphatic carbocycles. The van der Waals surface area contributed by atoms with E-state index in [1.54, 1.807) is 22.9 Å². The molecule has 5 nitrogen and oxygen atoms in total. The van der Waals surface area contributed by atoms with Crippen molar-refractivity contribution in [2.75, 3.05) is 6.54 Å². The minimum Gasteiger partial charge on any atom is -0.309 e. The summed E-state index contributed by atoms with van der Waals surface area (Å²) in [7, 11) is 0. The van der Waals surface area contributed by atoms with Gasteiger partial charge in [0.05, 0.1) is 34.1 Å². The molecule has 0 bridgehead atoms. The van der Waals surface area contributed by atoms with E-state index in [-0.39, 0.29) is 6.04 Å². The highest BCUT2D eigenvalue weighted by atomic mass is 35.5. The molecule has 1 atom stereocenters. The van der Waals surface area contributed by atoms with E-state index >= 15 is 0 Å². The van der Waals surface area contributed by atoms with Crippen LogP contribution in [0.25, 0.3) is 5.69 Å². The van der Waals surface area contributed by atoms with Crippen LogP contribution < -0.4 is 5.32 Å². The third kappa shape index (κ3) is 2.67. The molecular weight excluding hydrogens is 274 g/mol. The molecule has 1 N–H and O–H groups in total. The molecule has 0 aliphatic heterocycles. The SMILES string of the molecule is CCNC(C)c1nnn(-c2cc(C#N)ccc2Cl)c1C. The molecule has 1 unspecified atom stereocenters. The fourth-order valence-electron chi connectivity index (χ4n) is 2.12. The first kappa shape index (κ1) is 14.5. The van der Waals surface area contributed by atoms with E-state index in [2.05, 4.69) is 21.7 Å². The summed E-state index contributed by atoms with van der Waals surface area (Å²) in [4.78, 5) is 0. The highest BCUT2D eigenvalue weighted by molar-refractivity contribution is 6.32. The van der Waals surface area contributed by atoms with Crippen LogP contribution in [0, 0.1) is 18.3 Å². The van der Waals surface area contributed by atoms with Crippen molar-refractivity contribution >= 4 is 11.6 Å². The van der Waals surface area contributed by atoms with Crippen LogP contribution in [0.1, 0.15) is 36.8 Å². The Morgan fingerprint density at radius 1 is 1.50 bits per heavy atom. The van der Waals surface area contributed by atoms with Gasteiger partial charge in [0, 0.05) is 0 Å². The van der Waals surface area contributed by atoms with E-state index in [1.807, 2.05) is 20.8 Å². The summed E-state index contributed by atoms with van der Waals surface area (Å²) in [5, 5.41) is 21.2. The zero-order valence-corrected chi connectivity index (χ0v) is 12.4. The van der Waals surface area contributed by atoms with Crippen LogP contribution in [0.2, 0.25) is 5.02 Å². The molecule has 2 rings (SSSR count). The van der Waals surface area contributed by atoms with Crippen LogP contribution in [0.3, 0.4) is 0 Å². The van der Waals surface area contributed by atoms with Gasteiger partial charge in [0.2, 0.25) is 0 Å². The molecule has 2 aromatic rings. The molecule has 6 heteroatoms. The molecule has 1 heterocycles. The quantitative estimate of drug-likeness (QED) is 0.940. The second-order valence-electron chi connectivity index (χ2n) is 4.53. The number of nitriles is 1. The lowest BCUT2D eigenvalue weighted by atomic mass is 10.2. The summed E-state index contributed by atoms with van der Waals surface area (Å²) in [5.41, 5.74) is 3.01. The van der Waals surface area contributed by atoms with Gasteiger partial charge in [0.15, 0.2) is 0 Å². The number of nitrogens with one attached hydrogen (secondary N) is 1. The molecule has 20 heavy (non-hydrogen) atoms. The van der Waals surface area contributed by atoms with Gasteiger partial charge >= 0.3 is 0 Å². The van der Waals surface area contributed by atoms with E-state index in [1.165, 1.54) is 0 Å². The largest absolute Gasteiger partial charge is 0.309 e. The maximum atomic E-state index is 8.98. The van der Waals surface area contributed by atoms with Crippen LogP contribution in [0.5, 0.6) is 0 Å². The topological polar surface area (TPSA) is 66.5 Å². The highest BCUT2D eigenvalue weighted by Gasteiger charge is 2.17. The van der Waals surface area contributed by atoms with Crippen molar-refractivity contribution in [1.82, 2.24) is 20.3 Å². The molecule has 0 aliphatic rings. The summed E-state index contributed by atoms with van der Waals surface area (Å²) < 4.78 is 1.67. The van der Waals surface area contributed by atoms with Crippen molar-refractivity contribution in [3.63, 3.8) is 0 Å². The number of hydrogen-bond acceptors (Lipinski definition) is 4. The molecular formula is C14H16ClN5. The van der Waals surface area contributed by atoms with Crippen LogP contribution >= 0.6 is 11.6 Å². The van der Waals surface area contributed by atoms with Crippen LogP contribution in [-0.2, 0) is 0 Å². The molecule has 1 aromatic carbocycles. The average Bonchev–Trinajstić information content (AvgIpc) is 2.81. The van der Waals surface area contributed by atoms with Crippen LogP contribution in [0.4, 0.5) is 0 Å². The predicted octanol–water partition coefficient (Wildman–Crippen LogP) is 2.77. The summed E-state index contributed by atoms with van der Waals surface area (Å²) in [6, 6.07) is 7.31. The standard InChI is InChI=1S/C14H16ClN5/c1-4-17-9(2)14-10(3)20(19-18-14)13-7-11(8-16)5-6-12(13)15/h5-7,9,17H,4H2,1-3H3. The lowest BCUT2D eigenvalue weighted by Crippen LogP contribution is -2.19. The van der Waals surface area contributed by atoms with Crippen molar-refractivity contribution in [2.45, 2.75) is 26.8 Å². The van der Waals surface area contributed by atoms with E-state index in [9.17, 15) is 0 Å². The van der Waals surface area contributed by atoms with Crippen molar-refractivity contribution in [3.05, 3.63) is 40.2 Å². The zero-order valence-electron chi connectivity index (χ0n) is 11.7. The number of aromatic nitrogens is 3. The Hall–Kier alpha value is -1.90. The zero-order chi connectivity index (χ0) is 14.7. The molecule has 1 aromatic heterocycles. The first-order chi connectivity index (χ1) is 9.58. The number of hydrogen-bond donors (Lipinski definition) is 1. The second kappa shape index (κ2) is 6.04. The summed E-state index contributed by atoms with van der Waals surface area (Å²) >= 11 is 6.20. The minimum atomic E-state index is 0.117. The fraction of sp³-hybridized carbons (Fsp3) is 0.357. The number of nitrogens with zero attached hydrogens (tertiary/aromatic N) is 4. The maximum absolute atomic E-state index is 8.98. The van der Waals surface area contributed by atoms with Gasteiger partial charge in [0.25, 0.3) is 0 Å². The number of benzene rings is 1. The summed E-state index contributed by atoms with van der Waals surface area (Å²) in [5.74, 6) is 0. The first-order valence-electron chi connectivity index (χ1n) is 6.44. The van der Waals surface area contributed by atoms with Gasteiger partial charge in [0.1, 0.15) is 5.69 Å². The van der Waals surface area contributed by atoms with Gasteiger partial charge in [-0.25, -0.2) is 4.68 Å². The van der Waals surface area contributed by atoms with Crippen molar-refractivity contribution in [3.8, 4) is 11.8 Å². The predicted molar refractivity (Wildman–Crippen MR) is 77.9 cm³/mol. The summed E-state index contributed by atoms with van der Waals surface area (Å²) in [6.45, 7) is 6.89. The molecule has 104 valence electrons. The highest BCUT2D eigenvalue weighted by Crippen LogP contribution is 2.24. The smallest absolute Gasteiger partial charge is 0.103 e. The molecule has 0 fully saturated rings. The molecule has 0 saturated heterocycles. The van der Waals surface area contributed by atoms with Crippen molar-refractivity contribution in [1.29, 1.82) is 5.26 Å². The lowest BCUT2D eigenvalue weighted by molar-refractivity contribution is 0.579. The monoisotopic (exact) mass is 289 g/mol. The Labute approximate surface area is 123 Å².